The Bertz CT molecular complexity index is 977. The van der Waals surface area contributed by atoms with Gasteiger partial charge in [-0.1, -0.05) is 6.92 Å². The SMILES string of the molecule is CCc1sc(C(=O)OCC(=O)Nc2nc(-c3ccc(OC)cc3)cs2)cc1C. The molecule has 6 nitrogen and oxygen atoms in total. The first kappa shape index (κ1) is 20.0. The van der Waals surface area contributed by atoms with Gasteiger partial charge in [-0.3, -0.25) is 10.1 Å². The third kappa shape index (κ3) is 4.76. The number of aromatic nitrogens is 1. The second-order valence-electron chi connectivity index (χ2n) is 5.96. The van der Waals surface area contributed by atoms with E-state index in [0.717, 1.165) is 33.9 Å². The number of hydrogen-bond donors (Lipinski definition) is 1. The summed E-state index contributed by atoms with van der Waals surface area (Å²) < 4.78 is 10.3. The lowest BCUT2D eigenvalue weighted by atomic mass is 10.2. The van der Waals surface area contributed by atoms with Crippen molar-refractivity contribution in [1.82, 2.24) is 4.98 Å². The van der Waals surface area contributed by atoms with Gasteiger partial charge in [0.15, 0.2) is 11.7 Å². The molecule has 0 radical (unpaired) electrons. The molecule has 0 unspecified atom stereocenters. The summed E-state index contributed by atoms with van der Waals surface area (Å²) in [7, 11) is 1.61. The van der Waals surface area contributed by atoms with Gasteiger partial charge in [0.1, 0.15) is 10.6 Å². The minimum atomic E-state index is -0.485. The van der Waals surface area contributed by atoms with Gasteiger partial charge in [-0.15, -0.1) is 22.7 Å². The number of ether oxygens (including phenoxy) is 2. The highest BCUT2D eigenvalue weighted by Gasteiger charge is 2.15. The van der Waals surface area contributed by atoms with Crippen molar-refractivity contribution in [3.63, 3.8) is 0 Å². The Morgan fingerprint density at radius 1 is 1.21 bits per heavy atom. The van der Waals surface area contributed by atoms with Crippen LogP contribution in [-0.4, -0.2) is 30.6 Å². The van der Waals surface area contributed by atoms with Crippen molar-refractivity contribution in [1.29, 1.82) is 0 Å². The normalized spacial score (nSPS) is 10.5. The number of benzene rings is 1. The van der Waals surface area contributed by atoms with E-state index in [1.165, 1.54) is 22.7 Å². The molecule has 1 aromatic carbocycles. The van der Waals surface area contributed by atoms with Crippen LogP contribution in [0.5, 0.6) is 5.75 Å². The summed E-state index contributed by atoms with van der Waals surface area (Å²) in [6.45, 7) is 3.64. The second-order valence-corrected chi connectivity index (χ2v) is 7.96. The Balaban J connectivity index is 1.54. The molecule has 0 spiro atoms. The van der Waals surface area contributed by atoms with Crippen LogP contribution in [0.1, 0.15) is 27.0 Å². The fourth-order valence-corrected chi connectivity index (χ4v) is 4.30. The number of hydrogen-bond acceptors (Lipinski definition) is 7. The van der Waals surface area contributed by atoms with Crippen LogP contribution in [0.2, 0.25) is 0 Å². The molecule has 146 valence electrons. The molecule has 2 heterocycles. The quantitative estimate of drug-likeness (QED) is 0.572. The van der Waals surface area contributed by atoms with E-state index in [0.29, 0.717) is 10.0 Å². The van der Waals surface area contributed by atoms with Crippen LogP contribution >= 0.6 is 22.7 Å². The molecule has 0 saturated heterocycles. The van der Waals surface area contributed by atoms with E-state index in [1.807, 2.05) is 43.5 Å². The van der Waals surface area contributed by atoms with Gasteiger partial charge in [0.2, 0.25) is 0 Å². The topological polar surface area (TPSA) is 77.5 Å². The fraction of sp³-hybridized carbons (Fsp3) is 0.250. The van der Waals surface area contributed by atoms with Crippen molar-refractivity contribution in [3.8, 4) is 17.0 Å². The summed E-state index contributed by atoms with van der Waals surface area (Å²) in [5, 5.41) is 4.96. The van der Waals surface area contributed by atoms with E-state index < -0.39 is 11.9 Å². The maximum Gasteiger partial charge on any atom is 0.348 e. The molecular formula is C20H20N2O4S2. The molecule has 0 atom stereocenters. The molecule has 0 aliphatic heterocycles. The molecule has 0 aliphatic rings. The number of anilines is 1. The predicted molar refractivity (Wildman–Crippen MR) is 111 cm³/mol. The number of carbonyl (C=O) groups excluding carboxylic acids is 2. The van der Waals surface area contributed by atoms with Crippen LogP contribution in [-0.2, 0) is 16.0 Å². The Kier molecular flexibility index (Phi) is 6.43. The Hall–Kier alpha value is -2.71. The van der Waals surface area contributed by atoms with Crippen molar-refractivity contribution < 1.29 is 19.1 Å². The van der Waals surface area contributed by atoms with Crippen LogP contribution in [0.25, 0.3) is 11.3 Å². The van der Waals surface area contributed by atoms with Crippen LogP contribution in [0, 0.1) is 6.92 Å². The van der Waals surface area contributed by atoms with Crippen LogP contribution in [0.4, 0.5) is 5.13 Å². The van der Waals surface area contributed by atoms with Crippen molar-refractivity contribution in [2.75, 3.05) is 19.0 Å². The molecule has 0 fully saturated rings. The Morgan fingerprint density at radius 3 is 2.61 bits per heavy atom. The van der Waals surface area contributed by atoms with Crippen LogP contribution < -0.4 is 10.1 Å². The molecule has 3 rings (SSSR count). The summed E-state index contributed by atoms with van der Waals surface area (Å²) in [5.74, 6) is -0.143. The van der Waals surface area contributed by atoms with Crippen molar-refractivity contribution >= 4 is 39.7 Å². The average molecular weight is 417 g/mol. The van der Waals surface area contributed by atoms with Gasteiger partial charge in [-0.25, -0.2) is 9.78 Å². The van der Waals surface area contributed by atoms with Crippen molar-refractivity contribution in [3.05, 3.63) is 51.0 Å². The van der Waals surface area contributed by atoms with E-state index in [1.54, 1.807) is 13.2 Å². The summed E-state index contributed by atoms with van der Waals surface area (Å²) in [4.78, 5) is 30.2. The highest BCUT2D eigenvalue weighted by atomic mass is 32.1. The largest absolute Gasteiger partial charge is 0.497 e. The highest BCUT2D eigenvalue weighted by Crippen LogP contribution is 2.26. The molecule has 1 amide bonds. The highest BCUT2D eigenvalue weighted by molar-refractivity contribution is 7.14. The lowest BCUT2D eigenvalue weighted by Gasteiger charge is -2.03. The number of thiazole rings is 1. The molecule has 28 heavy (non-hydrogen) atoms. The van der Waals surface area contributed by atoms with E-state index in [4.69, 9.17) is 9.47 Å². The summed E-state index contributed by atoms with van der Waals surface area (Å²) >= 11 is 2.71. The zero-order chi connectivity index (χ0) is 20.1. The number of carbonyl (C=O) groups is 2. The maximum atomic E-state index is 12.1. The zero-order valence-corrected chi connectivity index (χ0v) is 17.4. The van der Waals surface area contributed by atoms with Gasteiger partial charge < -0.3 is 9.47 Å². The van der Waals surface area contributed by atoms with E-state index >= 15 is 0 Å². The lowest BCUT2D eigenvalue weighted by Crippen LogP contribution is -2.20. The van der Waals surface area contributed by atoms with Gasteiger partial charge in [0.25, 0.3) is 5.91 Å². The number of esters is 1. The van der Waals surface area contributed by atoms with E-state index in [-0.39, 0.29) is 6.61 Å². The standard InChI is InChI=1S/C20H20N2O4S2/c1-4-16-12(2)9-17(28-16)19(24)26-10-18(23)22-20-21-15(11-27-20)13-5-7-14(25-3)8-6-13/h5-9,11H,4,10H2,1-3H3,(H,21,22,23). The number of nitrogens with zero attached hydrogens (tertiary/aromatic N) is 1. The first-order valence-corrected chi connectivity index (χ1v) is 10.4. The number of thiophene rings is 1. The monoisotopic (exact) mass is 416 g/mol. The number of nitrogens with one attached hydrogen (secondary N) is 1. The third-order valence-electron chi connectivity index (χ3n) is 4.01. The van der Waals surface area contributed by atoms with Crippen LogP contribution in [0.15, 0.2) is 35.7 Å². The second kappa shape index (κ2) is 8.99. The summed E-state index contributed by atoms with van der Waals surface area (Å²) in [6.07, 6.45) is 0.866. The third-order valence-corrected chi connectivity index (χ3v) is 6.13. The van der Waals surface area contributed by atoms with E-state index in [2.05, 4.69) is 10.3 Å². The number of rotatable bonds is 7. The van der Waals surface area contributed by atoms with Crippen molar-refractivity contribution in [2.24, 2.45) is 0 Å². The lowest BCUT2D eigenvalue weighted by molar-refractivity contribution is -0.119. The number of methoxy groups -OCH3 is 1. The maximum absolute atomic E-state index is 12.1. The predicted octanol–water partition coefficient (Wildman–Crippen LogP) is 4.55. The molecule has 1 N–H and O–H groups in total. The minimum Gasteiger partial charge on any atom is -0.497 e. The molecule has 8 heteroatoms. The molecule has 0 saturated carbocycles. The summed E-state index contributed by atoms with van der Waals surface area (Å²) in [6, 6.07) is 9.29. The fourth-order valence-electron chi connectivity index (χ4n) is 2.55. The van der Waals surface area contributed by atoms with Gasteiger partial charge in [0.05, 0.1) is 12.8 Å². The molecule has 3 aromatic rings. The van der Waals surface area contributed by atoms with Crippen LogP contribution in [0.3, 0.4) is 0 Å². The minimum absolute atomic E-state index is 0.352. The zero-order valence-electron chi connectivity index (χ0n) is 15.8. The summed E-state index contributed by atoms with van der Waals surface area (Å²) in [5.41, 5.74) is 2.74. The molecule has 0 bridgehead atoms. The average Bonchev–Trinajstić information content (AvgIpc) is 3.32. The first-order chi connectivity index (χ1) is 13.5. The van der Waals surface area contributed by atoms with Gasteiger partial charge in [-0.2, -0.15) is 0 Å². The number of aryl methyl sites for hydroxylation is 2. The molecule has 0 aliphatic carbocycles. The van der Waals surface area contributed by atoms with Gasteiger partial charge in [0, 0.05) is 15.8 Å². The Morgan fingerprint density at radius 2 is 1.96 bits per heavy atom. The molecule has 2 aromatic heterocycles. The first-order valence-electron chi connectivity index (χ1n) is 8.66. The van der Waals surface area contributed by atoms with Crippen molar-refractivity contribution in [2.45, 2.75) is 20.3 Å². The number of amides is 1. The molecular weight excluding hydrogens is 396 g/mol. The smallest absolute Gasteiger partial charge is 0.348 e. The van der Waals surface area contributed by atoms with Gasteiger partial charge >= 0.3 is 5.97 Å². The van der Waals surface area contributed by atoms with Gasteiger partial charge in [-0.05, 0) is 49.2 Å². The Labute approximate surface area is 171 Å². The van der Waals surface area contributed by atoms with E-state index in [9.17, 15) is 9.59 Å².